The smallest absolute Gasteiger partial charge is 0.243 e. The number of hydrogen-bond acceptors (Lipinski definition) is 4. The van der Waals surface area contributed by atoms with E-state index in [2.05, 4.69) is 5.32 Å². The van der Waals surface area contributed by atoms with Gasteiger partial charge in [0.05, 0.1) is 11.4 Å². The van der Waals surface area contributed by atoms with Crippen LogP contribution in [0.3, 0.4) is 0 Å². The van der Waals surface area contributed by atoms with Crippen LogP contribution in [0.2, 0.25) is 0 Å². The SMILES string of the molecule is Cc1cc(F)ccc1NC(=O)CN(C)S(=O)(=O)c1ccc2c(c1)C[C@@H](C)N2C(=O)C1CC1. The molecule has 1 saturated carbocycles. The highest BCUT2D eigenvalue weighted by Gasteiger charge is 2.40. The topological polar surface area (TPSA) is 86.8 Å². The Morgan fingerprint density at radius 2 is 1.91 bits per heavy atom. The third kappa shape index (κ3) is 4.27. The van der Waals surface area contributed by atoms with Crippen molar-refractivity contribution < 1.29 is 22.4 Å². The first kappa shape index (κ1) is 22.4. The normalized spacial score (nSPS) is 18.0. The molecule has 7 nitrogen and oxygen atoms in total. The second-order valence-electron chi connectivity index (χ2n) is 8.59. The fourth-order valence-corrected chi connectivity index (χ4v) is 5.23. The van der Waals surface area contributed by atoms with Crippen molar-refractivity contribution in [3.05, 3.63) is 53.3 Å². The van der Waals surface area contributed by atoms with E-state index in [0.717, 1.165) is 28.4 Å². The van der Waals surface area contributed by atoms with E-state index in [4.69, 9.17) is 0 Å². The summed E-state index contributed by atoms with van der Waals surface area (Å²) in [5.74, 6) is -0.747. The Morgan fingerprint density at radius 3 is 2.56 bits per heavy atom. The number of sulfonamides is 1. The molecule has 1 heterocycles. The molecule has 0 saturated heterocycles. The largest absolute Gasteiger partial charge is 0.325 e. The van der Waals surface area contributed by atoms with Gasteiger partial charge in [0, 0.05) is 30.4 Å². The predicted octanol–water partition coefficient (Wildman–Crippen LogP) is 3.08. The van der Waals surface area contributed by atoms with Gasteiger partial charge in [0.15, 0.2) is 0 Å². The summed E-state index contributed by atoms with van der Waals surface area (Å²) in [4.78, 5) is 26.9. The molecule has 4 rings (SSSR count). The van der Waals surface area contributed by atoms with Crippen LogP contribution in [0.1, 0.15) is 30.9 Å². The van der Waals surface area contributed by atoms with E-state index in [1.807, 2.05) is 6.92 Å². The third-order valence-corrected chi connectivity index (χ3v) is 7.77. The molecular formula is C23H26FN3O4S. The van der Waals surface area contributed by atoms with Gasteiger partial charge >= 0.3 is 0 Å². The van der Waals surface area contributed by atoms with E-state index in [1.165, 1.54) is 31.3 Å². The minimum atomic E-state index is -3.91. The van der Waals surface area contributed by atoms with Crippen molar-refractivity contribution in [3.63, 3.8) is 0 Å². The lowest BCUT2D eigenvalue weighted by Gasteiger charge is -2.23. The first-order chi connectivity index (χ1) is 15.1. The van der Waals surface area contributed by atoms with Crippen LogP contribution in [-0.2, 0) is 26.0 Å². The molecule has 0 radical (unpaired) electrons. The summed E-state index contributed by atoms with van der Waals surface area (Å²) in [5.41, 5.74) is 2.55. The number of carbonyl (C=O) groups is 2. The number of halogens is 1. The van der Waals surface area contributed by atoms with Gasteiger partial charge in [-0.15, -0.1) is 0 Å². The zero-order valence-corrected chi connectivity index (χ0v) is 19.1. The molecule has 32 heavy (non-hydrogen) atoms. The first-order valence-electron chi connectivity index (χ1n) is 10.6. The number of benzene rings is 2. The number of hydrogen-bond donors (Lipinski definition) is 1. The number of fused-ring (bicyclic) bond motifs is 1. The van der Waals surface area contributed by atoms with E-state index in [0.29, 0.717) is 17.7 Å². The average Bonchev–Trinajstić information content (AvgIpc) is 3.51. The van der Waals surface area contributed by atoms with E-state index < -0.39 is 21.7 Å². The van der Waals surface area contributed by atoms with Crippen molar-refractivity contribution in [1.29, 1.82) is 0 Å². The van der Waals surface area contributed by atoms with E-state index in [1.54, 1.807) is 24.0 Å². The van der Waals surface area contributed by atoms with Crippen molar-refractivity contribution >= 4 is 33.2 Å². The molecule has 1 fully saturated rings. The quantitative estimate of drug-likeness (QED) is 0.719. The van der Waals surface area contributed by atoms with Crippen LogP contribution in [0.5, 0.6) is 0 Å². The lowest BCUT2D eigenvalue weighted by molar-refractivity contribution is -0.120. The van der Waals surface area contributed by atoms with Gasteiger partial charge in [-0.25, -0.2) is 12.8 Å². The molecule has 1 N–H and O–H groups in total. The van der Waals surface area contributed by atoms with Crippen LogP contribution in [0, 0.1) is 18.7 Å². The minimum absolute atomic E-state index is 0.0153. The summed E-state index contributed by atoms with van der Waals surface area (Å²) < 4.78 is 40.4. The Morgan fingerprint density at radius 1 is 1.19 bits per heavy atom. The zero-order valence-electron chi connectivity index (χ0n) is 18.3. The van der Waals surface area contributed by atoms with Crippen LogP contribution in [0.25, 0.3) is 0 Å². The van der Waals surface area contributed by atoms with E-state index >= 15 is 0 Å². The van der Waals surface area contributed by atoms with Gasteiger partial charge in [0.1, 0.15) is 5.82 Å². The summed E-state index contributed by atoms with van der Waals surface area (Å²) in [5, 5.41) is 2.62. The number of likely N-dealkylation sites (N-methyl/N-ethyl adjacent to an activating group) is 1. The molecule has 0 spiro atoms. The maximum Gasteiger partial charge on any atom is 0.243 e. The monoisotopic (exact) mass is 459 g/mol. The summed E-state index contributed by atoms with van der Waals surface area (Å²) in [6.07, 6.45) is 2.41. The molecule has 0 aromatic heterocycles. The van der Waals surface area contributed by atoms with Gasteiger partial charge in [-0.05, 0) is 80.6 Å². The highest BCUT2D eigenvalue weighted by Crippen LogP contribution is 2.39. The Hall–Kier alpha value is -2.78. The Balaban J connectivity index is 1.49. The molecule has 170 valence electrons. The van der Waals surface area contributed by atoms with Gasteiger partial charge in [-0.3, -0.25) is 9.59 Å². The van der Waals surface area contributed by atoms with Crippen molar-refractivity contribution in [2.24, 2.45) is 5.92 Å². The maximum atomic E-state index is 13.2. The minimum Gasteiger partial charge on any atom is -0.325 e. The van der Waals surface area contributed by atoms with Crippen LogP contribution >= 0.6 is 0 Å². The lowest BCUT2D eigenvalue weighted by atomic mass is 10.1. The van der Waals surface area contributed by atoms with E-state index in [9.17, 15) is 22.4 Å². The number of nitrogens with zero attached hydrogens (tertiary/aromatic N) is 2. The summed E-state index contributed by atoms with van der Waals surface area (Å²) in [6.45, 7) is 3.23. The number of rotatable bonds is 6. The van der Waals surface area contributed by atoms with Gasteiger partial charge in [-0.2, -0.15) is 4.31 Å². The van der Waals surface area contributed by atoms with Gasteiger partial charge in [0.25, 0.3) is 0 Å². The lowest BCUT2D eigenvalue weighted by Crippen LogP contribution is -2.36. The second-order valence-corrected chi connectivity index (χ2v) is 10.6. The van der Waals surface area contributed by atoms with Crippen LogP contribution in [0.4, 0.5) is 15.8 Å². The predicted molar refractivity (Wildman–Crippen MR) is 119 cm³/mol. The van der Waals surface area contributed by atoms with Crippen molar-refractivity contribution in [1.82, 2.24) is 4.31 Å². The Kier molecular flexibility index (Phi) is 5.81. The molecule has 1 aliphatic heterocycles. The molecular weight excluding hydrogens is 433 g/mol. The standard InChI is InChI=1S/C23H26FN3O4S/c1-14-10-18(24)6-8-20(14)25-22(28)13-26(3)32(30,31)19-7-9-21-17(12-19)11-15(2)27(21)23(29)16-4-5-16/h6-10,12,15-16H,4-5,11,13H2,1-3H3,(H,25,28)/t15-/m1/s1. The summed E-state index contributed by atoms with van der Waals surface area (Å²) in [6, 6.07) is 8.70. The van der Waals surface area contributed by atoms with Crippen molar-refractivity contribution in [2.75, 3.05) is 23.8 Å². The number of nitrogens with one attached hydrogen (secondary N) is 1. The number of aryl methyl sites for hydroxylation is 1. The molecule has 2 aliphatic rings. The fourth-order valence-electron chi connectivity index (χ4n) is 4.05. The van der Waals surface area contributed by atoms with Gasteiger partial charge < -0.3 is 10.2 Å². The van der Waals surface area contributed by atoms with Crippen molar-refractivity contribution in [3.8, 4) is 0 Å². The molecule has 9 heteroatoms. The molecule has 2 aromatic rings. The zero-order chi connectivity index (χ0) is 23.2. The third-order valence-electron chi connectivity index (χ3n) is 5.97. The molecule has 2 amide bonds. The van der Waals surface area contributed by atoms with Crippen LogP contribution < -0.4 is 10.2 Å². The highest BCUT2D eigenvalue weighted by atomic mass is 32.2. The fraction of sp³-hybridized carbons (Fsp3) is 0.391. The van der Waals surface area contributed by atoms with Gasteiger partial charge in [0.2, 0.25) is 21.8 Å². The van der Waals surface area contributed by atoms with Crippen LogP contribution in [0.15, 0.2) is 41.3 Å². The van der Waals surface area contributed by atoms with E-state index in [-0.39, 0.29) is 29.3 Å². The van der Waals surface area contributed by atoms with Crippen molar-refractivity contribution in [2.45, 2.75) is 44.0 Å². The number of anilines is 2. The molecule has 1 atom stereocenters. The summed E-state index contributed by atoms with van der Waals surface area (Å²) in [7, 11) is -2.58. The molecule has 2 aromatic carbocycles. The first-order valence-corrected chi connectivity index (χ1v) is 12.0. The molecule has 0 unspecified atom stereocenters. The van der Waals surface area contributed by atoms with Gasteiger partial charge in [-0.1, -0.05) is 0 Å². The number of carbonyl (C=O) groups excluding carboxylic acids is 2. The number of amides is 2. The van der Waals surface area contributed by atoms with Crippen LogP contribution in [-0.4, -0.2) is 44.2 Å². The Bertz CT molecular complexity index is 1190. The second kappa shape index (κ2) is 8.29. The maximum absolute atomic E-state index is 13.2. The average molecular weight is 460 g/mol. The highest BCUT2D eigenvalue weighted by molar-refractivity contribution is 7.89. The molecule has 1 aliphatic carbocycles. The Labute approximate surface area is 187 Å². The summed E-state index contributed by atoms with van der Waals surface area (Å²) >= 11 is 0. The molecule has 0 bridgehead atoms.